The van der Waals surface area contributed by atoms with E-state index in [1.54, 1.807) is 18.2 Å². The SMILES string of the molecule is Nc1ccc(Nc2cc(C3CC3)[nH]n2)nc1NCc1ccc(F)cc1. The van der Waals surface area contributed by atoms with E-state index in [9.17, 15) is 4.39 Å². The number of rotatable bonds is 6. The molecule has 1 fully saturated rings. The molecule has 1 aliphatic rings. The van der Waals surface area contributed by atoms with Crippen molar-refractivity contribution in [2.24, 2.45) is 0 Å². The number of benzene rings is 1. The quantitative estimate of drug-likeness (QED) is 0.549. The lowest BCUT2D eigenvalue weighted by Crippen LogP contribution is -2.06. The Labute approximate surface area is 144 Å². The number of H-pyrrole nitrogens is 1. The van der Waals surface area contributed by atoms with Gasteiger partial charge >= 0.3 is 0 Å². The first-order valence-electron chi connectivity index (χ1n) is 8.24. The highest BCUT2D eigenvalue weighted by atomic mass is 19.1. The Bertz CT molecular complexity index is 870. The van der Waals surface area contributed by atoms with Gasteiger partial charge in [-0.2, -0.15) is 5.10 Å². The molecule has 0 spiro atoms. The molecule has 0 atom stereocenters. The van der Waals surface area contributed by atoms with E-state index in [4.69, 9.17) is 5.73 Å². The van der Waals surface area contributed by atoms with Crippen molar-refractivity contribution in [1.82, 2.24) is 15.2 Å². The van der Waals surface area contributed by atoms with Crippen LogP contribution >= 0.6 is 0 Å². The van der Waals surface area contributed by atoms with Crippen LogP contribution in [0.3, 0.4) is 0 Å². The highest BCUT2D eigenvalue weighted by molar-refractivity contribution is 5.66. The van der Waals surface area contributed by atoms with E-state index in [1.165, 1.54) is 25.0 Å². The molecule has 2 aromatic heterocycles. The topological polar surface area (TPSA) is 91.6 Å². The predicted molar refractivity (Wildman–Crippen MR) is 96.2 cm³/mol. The van der Waals surface area contributed by atoms with Gasteiger partial charge in [0.1, 0.15) is 11.6 Å². The number of nitrogens with zero attached hydrogens (tertiary/aromatic N) is 2. The molecule has 0 bridgehead atoms. The number of aromatic nitrogens is 3. The van der Waals surface area contributed by atoms with Gasteiger partial charge in [-0.1, -0.05) is 12.1 Å². The number of pyridine rings is 1. The predicted octanol–water partition coefficient (Wildman–Crippen LogP) is 3.76. The van der Waals surface area contributed by atoms with Gasteiger partial charge in [0.05, 0.1) is 5.69 Å². The largest absolute Gasteiger partial charge is 0.396 e. The van der Waals surface area contributed by atoms with Crippen LogP contribution in [0.2, 0.25) is 0 Å². The molecule has 0 aliphatic heterocycles. The van der Waals surface area contributed by atoms with E-state index in [1.807, 2.05) is 12.1 Å². The first-order chi connectivity index (χ1) is 12.2. The van der Waals surface area contributed by atoms with Crippen LogP contribution in [0.25, 0.3) is 0 Å². The molecule has 1 saturated carbocycles. The number of hydrogen-bond acceptors (Lipinski definition) is 5. The van der Waals surface area contributed by atoms with Crippen LogP contribution in [-0.2, 0) is 6.54 Å². The number of hydrogen-bond donors (Lipinski definition) is 4. The Morgan fingerprint density at radius 3 is 2.68 bits per heavy atom. The van der Waals surface area contributed by atoms with Crippen LogP contribution in [0.4, 0.5) is 27.5 Å². The number of nitrogens with one attached hydrogen (secondary N) is 3. The number of nitrogens with two attached hydrogens (primary N) is 1. The fraction of sp³-hybridized carbons (Fsp3) is 0.222. The molecule has 0 radical (unpaired) electrons. The minimum Gasteiger partial charge on any atom is -0.396 e. The molecule has 25 heavy (non-hydrogen) atoms. The van der Waals surface area contributed by atoms with Gasteiger partial charge in [0.25, 0.3) is 0 Å². The van der Waals surface area contributed by atoms with Crippen molar-refractivity contribution in [1.29, 1.82) is 0 Å². The first kappa shape index (κ1) is 15.4. The summed E-state index contributed by atoms with van der Waals surface area (Å²) in [5, 5.41) is 13.7. The summed E-state index contributed by atoms with van der Waals surface area (Å²) in [5.74, 6) is 2.34. The van der Waals surface area contributed by atoms with E-state index in [0.717, 1.165) is 17.1 Å². The van der Waals surface area contributed by atoms with Gasteiger partial charge in [0, 0.05) is 24.2 Å². The zero-order valence-electron chi connectivity index (χ0n) is 13.6. The molecule has 1 aliphatic carbocycles. The molecule has 3 aromatic rings. The third-order valence-corrected chi connectivity index (χ3v) is 4.17. The molecular formula is C18H19FN6. The summed E-state index contributed by atoms with van der Waals surface area (Å²) in [6.45, 7) is 0.509. The number of nitrogen functional groups attached to an aromatic ring is 1. The van der Waals surface area contributed by atoms with Crippen LogP contribution in [0.5, 0.6) is 0 Å². The average molecular weight is 338 g/mol. The second kappa shape index (κ2) is 6.43. The maximum Gasteiger partial charge on any atom is 0.153 e. The monoisotopic (exact) mass is 338 g/mol. The Balaban J connectivity index is 1.44. The Morgan fingerprint density at radius 1 is 1.12 bits per heavy atom. The summed E-state index contributed by atoms with van der Waals surface area (Å²) in [7, 11) is 0. The van der Waals surface area contributed by atoms with Crippen LogP contribution in [0, 0.1) is 5.82 Å². The Kier molecular flexibility index (Phi) is 3.97. The van der Waals surface area contributed by atoms with Crippen molar-refractivity contribution in [2.45, 2.75) is 25.3 Å². The van der Waals surface area contributed by atoms with Crippen molar-refractivity contribution < 1.29 is 4.39 Å². The number of anilines is 4. The van der Waals surface area contributed by atoms with Crippen LogP contribution in [-0.4, -0.2) is 15.2 Å². The van der Waals surface area contributed by atoms with Crippen molar-refractivity contribution in [3.8, 4) is 0 Å². The minimum absolute atomic E-state index is 0.253. The lowest BCUT2D eigenvalue weighted by atomic mass is 10.2. The molecule has 0 unspecified atom stereocenters. The van der Waals surface area contributed by atoms with E-state index >= 15 is 0 Å². The van der Waals surface area contributed by atoms with Crippen molar-refractivity contribution in [3.63, 3.8) is 0 Å². The van der Waals surface area contributed by atoms with E-state index in [-0.39, 0.29) is 5.82 Å². The fourth-order valence-corrected chi connectivity index (χ4v) is 2.60. The molecule has 7 heteroatoms. The Hall–Kier alpha value is -3.09. The molecule has 4 rings (SSSR count). The number of aromatic amines is 1. The summed E-state index contributed by atoms with van der Waals surface area (Å²) < 4.78 is 13.0. The van der Waals surface area contributed by atoms with Gasteiger partial charge in [-0.25, -0.2) is 9.37 Å². The Morgan fingerprint density at radius 2 is 1.92 bits per heavy atom. The molecule has 0 amide bonds. The lowest BCUT2D eigenvalue weighted by molar-refractivity contribution is 0.627. The van der Waals surface area contributed by atoms with Gasteiger partial charge in [-0.15, -0.1) is 0 Å². The minimum atomic E-state index is -0.253. The van der Waals surface area contributed by atoms with Crippen molar-refractivity contribution >= 4 is 23.1 Å². The van der Waals surface area contributed by atoms with Crippen LogP contribution in [0.1, 0.15) is 30.0 Å². The summed E-state index contributed by atoms with van der Waals surface area (Å²) in [6.07, 6.45) is 2.44. The number of halogens is 1. The average Bonchev–Trinajstić information content (AvgIpc) is 3.36. The van der Waals surface area contributed by atoms with Gasteiger partial charge in [-0.3, -0.25) is 5.10 Å². The highest BCUT2D eigenvalue weighted by Crippen LogP contribution is 2.39. The third kappa shape index (κ3) is 3.71. The molecule has 0 saturated heterocycles. The summed E-state index contributed by atoms with van der Waals surface area (Å²) in [4.78, 5) is 4.49. The molecule has 1 aromatic carbocycles. The smallest absolute Gasteiger partial charge is 0.153 e. The van der Waals surface area contributed by atoms with Gasteiger partial charge in [0.2, 0.25) is 0 Å². The van der Waals surface area contributed by atoms with E-state index in [0.29, 0.717) is 29.8 Å². The first-order valence-corrected chi connectivity index (χ1v) is 8.24. The second-order valence-electron chi connectivity index (χ2n) is 6.22. The van der Waals surface area contributed by atoms with Crippen molar-refractivity contribution in [2.75, 3.05) is 16.4 Å². The molecule has 5 N–H and O–H groups in total. The summed E-state index contributed by atoms with van der Waals surface area (Å²) in [6, 6.07) is 11.9. The van der Waals surface area contributed by atoms with E-state index in [2.05, 4.69) is 25.8 Å². The molecular weight excluding hydrogens is 319 g/mol. The zero-order valence-corrected chi connectivity index (χ0v) is 13.6. The lowest BCUT2D eigenvalue weighted by Gasteiger charge is -2.10. The van der Waals surface area contributed by atoms with Gasteiger partial charge < -0.3 is 16.4 Å². The maximum absolute atomic E-state index is 13.0. The third-order valence-electron chi connectivity index (χ3n) is 4.17. The van der Waals surface area contributed by atoms with Gasteiger partial charge in [-0.05, 0) is 42.7 Å². The highest BCUT2D eigenvalue weighted by Gasteiger charge is 2.25. The van der Waals surface area contributed by atoms with Crippen molar-refractivity contribution in [3.05, 3.63) is 59.5 Å². The summed E-state index contributed by atoms with van der Waals surface area (Å²) >= 11 is 0. The van der Waals surface area contributed by atoms with Crippen LogP contribution in [0.15, 0.2) is 42.5 Å². The fourth-order valence-electron chi connectivity index (χ4n) is 2.60. The normalized spacial score (nSPS) is 13.6. The summed E-state index contributed by atoms with van der Waals surface area (Å²) in [5.41, 5.74) is 8.64. The maximum atomic E-state index is 13.0. The van der Waals surface area contributed by atoms with Crippen LogP contribution < -0.4 is 16.4 Å². The molecule has 2 heterocycles. The van der Waals surface area contributed by atoms with E-state index < -0.39 is 0 Å². The standard InChI is InChI=1S/C18H19FN6/c19-13-5-1-11(2-6-13)10-21-18-14(20)7-8-16(23-18)22-17-9-15(24-25-17)12-3-4-12/h1-2,5-9,12H,3-4,10,20H2,(H3,21,22,23,24,25). The molecule has 128 valence electrons. The second-order valence-corrected chi connectivity index (χ2v) is 6.22. The van der Waals surface area contributed by atoms with Gasteiger partial charge in [0.15, 0.2) is 11.6 Å². The zero-order chi connectivity index (χ0) is 17.2. The molecule has 6 nitrogen and oxygen atoms in total.